The molecule has 2 nitrogen and oxygen atoms in total. The summed E-state index contributed by atoms with van der Waals surface area (Å²) in [6, 6.07) is 7.89. The number of benzene rings is 2. The zero-order chi connectivity index (χ0) is 14.7. The Morgan fingerprint density at radius 3 is 2.30 bits per heavy atom. The van der Waals surface area contributed by atoms with Crippen molar-refractivity contribution in [1.82, 2.24) is 0 Å². The molecular formula is C14H11Cl3FNO. The van der Waals surface area contributed by atoms with E-state index in [0.29, 0.717) is 27.3 Å². The summed E-state index contributed by atoms with van der Waals surface area (Å²) in [7, 11) is 1.42. The maximum absolute atomic E-state index is 13.6. The summed E-state index contributed by atoms with van der Waals surface area (Å²) >= 11 is 17.9. The van der Waals surface area contributed by atoms with Crippen molar-refractivity contribution in [1.29, 1.82) is 0 Å². The van der Waals surface area contributed by atoms with Gasteiger partial charge in [0.15, 0.2) is 11.6 Å². The number of methoxy groups -OCH3 is 1. The van der Waals surface area contributed by atoms with E-state index in [-0.39, 0.29) is 5.75 Å². The van der Waals surface area contributed by atoms with E-state index in [2.05, 4.69) is 5.32 Å². The summed E-state index contributed by atoms with van der Waals surface area (Å²) in [5, 5.41) is 4.35. The molecule has 106 valence electrons. The minimum Gasteiger partial charge on any atom is -0.494 e. The van der Waals surface area contributed by atoms with Crippen molar-refractivity contribution in [2.45, 2.75) is 6.54 Å². The second-order valence-corrected chi connectivity index (χ2v) is 5.32. The molecule has 2 aromatic rings. The number of anilines is 1. The highest BCUT2D eigenvalue weighted by Gasteiger charge is 2.08. The average molecular weight is 335 g/mol. The molecule has 0 spiro atoms. The third-order valence-corrected chi connectivity index (χ3v) is 3.51. The van der Waals surface area contributed by atoms with Gasteiger partial charge in [-0.25, -0.2) is 4.39 Å². The SMILES string of the molecule is COc1ccc(CNc2c(Cl)cc(Cl)cc2Cl)cc1F. The third kappa shape index (κ3) is 3.48. The van der Waals surface area contributed by atoms with Gasteiger partial charge in [0.05, 0.1) is 22.8 Å². The van der Waals surface area contributed by atoms with Gasteiger partial charge in [-0.05, 0) is 29.8 Å². The van der Waals surface area contributed by atoms with Crippen molar-refractivity contribution < 1.29 is 9.13 Å². The van der Waals surface area contributed by atoms with Crippen LogP contribution in [0.15, 0.2) is 30.3 Å². The van der Waals surface area contributed by atoms with Gasteiger partial charge in [-0.2, -0.15) is 0 Å². The van der Waals surface area contributed by atoms with E-state index in [1.807, 2.05) is 0 Å². The van der Waals surface area contributed by atoms with E-state index in [4.69, 9.17) is 39.5 Å². The Kier molecular flexibility index (Phi) is 4.97. The molecule has 2 rings (SSSR count). The van der Waals surface area contributed by atoms with Gasteiger partial charge >= 0.3 is 0 Å². The van der Waals surface area contributed by atoms with Crippen LogP contribution < -0.4 is 10.1 Å². The molecule has 0 aliphatic heterocycles. The van der Waals surface area contributed by atoms with Crippen LogP contribution in [0.3, 0.4) is 0 Å². The van der Waals surface area contributed by atoms with Crippen LogP contribution in [0.25, 0.3) is 0 Å². The Morgan fingerprint density at radius 2 is 1.75 bits per heavy atom. The van der Waals surface area contributed by atoms with Gasteiger partial charge in [0.25, 0.3) is 0 Å². The number of ether oxygens (including phenoxy) is 1. The molecular weight excluding hydrogens is 324 g/mol. The Labute approximate surface area is 131 Å². The lowest BCUT2D eigenvalue weighted by Crippen LogP contribution is -2.01. The maximum atomic E-state index is 13.6. The monoisotopic (exact) mass is 333 g/mol. The van der Waals surface area contributed by atoms with E-state index in [1.165, 1.54) is 13.2 Å². The summed E-state index contributed by atoms with van der Waals surface area (Å²) in [6.45, 7) is 0.377. The molecule has 0 atom stereocenters. The second-order valence-electron chi connectivity index (χ2n) is 4.07. The van der Waals surface area contributed by atoms with Gasteiger partial charge in [0, 0.05) is 11.6 Å². The number of halogens is 4. The summed E-state index contributed by atoms with van der Waals surface area (Å²) < 4.78 is 18.4. The smallest absolute Gasteiger partial charge is 0.165 e. The summed E-state index contributed by atoms with van der Waals surface area (Å²) in [6.07, 6.45) is 0. The van der Waals surface area contributed by atoms with E-state index in [0.717, 1.165) is 5.56 Å². The average Bonchev–Trinajstić information content (AvgIpc) is 2.37. The lowest BCUT2D eigenvalue weighted by Gasteiger charge is -2.11. The van der Waals surface area contributed by atoms with Crippen LogP contribution in [0.4, 0.5) is 10.1 Å². The molecule has 0 aliphatic carbocycles. The van der Waals surface area contributed by atoms with Crippen molar-refractivity contribution in [3.05, 3.63) is 56.8 Å². The molecule has 0 aliphatic rings. The fourth-order valence-corrected chi connectivity index (χ4v) is 2.67. The summed E-state index contributed by atoms with van der Waals surface area (Å²) in [4.78, 5) is 0. The van der Waals surface area contributed by atoms with Crippen LogP contribution in [-0.2, 0) is 6.54 Å². The first-order valence-electron chi connectivity index (χ1n) is 5.72. The quantitative estimate of drug-likeness (QED) is 0.807. The number of hydrogen-bond donors (Lipinski definition) is 1. The van der Waals surface area contributed by atoms with Crippen molar-refractivity contribution in [2.24, 2.45) is 0 Å². The number of nitrogens with one attached hydrogen (secondary N) is 1. The van der Waals surface area contributed by atoms with E-state index in [1.54, 1.807) is 24.3 Å². The minimum absolute atomic E-state index is 0.205. The van der Waals surface area contributed by atoms with Gasteiger partial charge in [-0.15, -0.1) is 0 Å². The number of rotatable bonds is 4. The highest BCUT2D eigenvalue weighted by atomic mass is 35.5. The first-order valence-corrected chi connectivity index (χ1v) is 6.85. The molecule has 0 amide bonds. The predicted molar refractivity (Wildman–Crippen MR) is 81.8 cm³/mol. The normalized spacial score (nSPS) is 10.4. The Balaban J connectivity index is 2.15. The zero-order valence-corrected chi connectivity index (χ0v) is 12.8. The molecule has 0 saturated carbocycles. The van der Waals surface area contributed by atoms with Crippen molar-refractivity contribution >= 4 is 40.5 Å². The first kappa shape index (κ1) is 15.2. The van der Waals surface area contributed by atoms with Crippen LogP contribution >= 0.6 is 34.8 Å². The van der Waals surface area contributed by atoms with Gasteiger partial charge in [0.2, 0.25) is 0 Å². The molecule has 0 heterocycles. The molecule has 2 aromatic carbocycles. The van der Waals surface area contributed by atoms with Crippen LogP contribution in [-0.4, -0.2) is 7.11 Å². The Bertz CT molecular complexity index is 611. The second kappa shape index (κ2) is 6.53. The van der Waals surface area contributed by atoms with Gasteiger partial charge in [0.1, 0.15) is 0 Å². The highest BCUT2D eigenvalue weighted by molar-refractivity contribution is 6.41. The van der Waals surface area contributed by atoms with Crippen molar-refractivity contribution in [3.63, 3.8) is 0 Å². The van der Waals surface area contributed by atoms with E-state index in [9.17, 15) is 4.39 Å². The molecule has 0 unspecified atom stereocenters. The fraction of sp³-hybridized carbons (Fsp3) is 0.143. The van der Waals surface area contributed by atoms with Crippen LogP contribution in [0.1, 0.15) is 5.56 Å². The van der Waals surface area contributed by atoms with Gasteiger partial charge < -0.3 is 10.1 Å². The van der Waals surface area contributed by atoms with Crippen molar-refractivity contribution in [2.75, 3.05) is 12.4 Å². The minimum atomic E-state index is -0.417. The Hall–Kier alpha value is -1.16. The molecule has 6 heteroatoms. The predicted octanol–water partition coefficient (Wildman–Crippen LogP) is 5.41. The Morgan fingerprint density at radius 1 is 1.10 bits per heavy atom. The maximum Gasteiger partial charge on any atom is 0.165 e. The summed E-state index contributed by atoms with van der Waals surface area (Å²) in [5.74, 6) is -0.212. The molecule has 0 bridgehead atoms. The molecule has 1 N–H and O–H groups in total. The largest absolute Gasteiger partial charge is 0.494 e. The first-order chi connectivity index (χ1) is 9.51. The molecule has 0 saturated heterocycles. The molecule has 0 fully saturated rings. The van der Waals surface area contributed by atoms with Crippen molar-refractivity contribution in [3.8, 4) is 5.75 Å². The van der Waals surface area contributed by atoms with Crippen LogP contribution in [0.2, 0.25) is 15.1 Å². The lowest BCUT2D eigenvalue weighted by atomic mass is 10.2. The highest BCUT2D eigenvalue weighted by Crippen LogP contribution is 2.34. The third-order valence-electron chi connectivity index (χ3n) is 2.69. The standard InChI is InChI=1S/C14H11Cl3FNO/c1-20-13-3-2-8(4-12(13)18)7-19-14-10(16)5-9(15)6-11(14)17/h2-6,19H,7H2,1H3. The van der Waals surface area contributed by atoms with Crippen LogP contribution in [0.5, 0.6) is 5.75 Å². The molecule has 20 heavy (non-hydrogen) atoms. The fourth-order valence-electron chi connectivity index (χ4n) is 1.72. The van der Waals surface area contributed by atoms with E-state index >= 15 is 0 Å². The number of hydrogen-bond acceptors (Lipinski definition) is 2. The summed E-state index contributed by atoms with van der Waals surface area (Å²) in [5.41, 5.74) is 1.30. The van der Waals surface area contributed by atoms with Gasteiger partial charge in [-0.3, -0.25) is 0 Å². The topological polar surface area (TPSA) is 21.3 Å². The van der Waals surface area contributed by atoms with Crippen LogP contribution in [0, 0.1) is 5.82 Å². The molecule has 0 aromatic heterocycles. The zero-order valence-electron chi connectivity index (χ0n) is 10.5. The van der Waals surface area contributed by atoms with E-state index < -0.39 is 5.82 Å². The van der Waals surface area contributed by atoms with Gasteiger partial charge in [-0.1, -0.05) is 40.9 Å². The lowest BCUT2D eigenvalue weighted by molar-refractivity contribution is 0.386. The molecule has 0 radical (unpaired) electrons.